The normalized spacial score (nSPS) is 22.1. The molecule has 3 N–H and O–H groups in total. The van der Waals surface area contributed by atoms with Crippen molar-refractivity contribution < 1.29 is 28.0 Å². The Balaban J connectivity index is 1.45. The molecule has 0 bridgehead atoms. The number of carbonyl (C=O) groups excluding carboxylic acids is 4. The van der Waals surface area contributed by atoms with Crippen LogP contribution in [0.3, 0.4) is 0 Å². The molecule has 11 heteroatoms. The predicted octanol–water partition coefficient (Wildman–Crippen LogP) is 3.34. The second kappa shape index (κ2) is 8.12. The van der Waals surface area contributed by atoms with Gasteiger partial charge in [-0.2, -0.15) is 0 Å². The number of Topliss-reactive ketones (excluding diaryl/α,β-unsaturated/α-hetero) is 1. The number of anilines is 1. The number of nitrogens with zero attached hydrogens (tertiary/aromatic N) is 1. The van der Waals surface area contributed by atoms with Crippen LogP contribution >= 0.6 is 11.6 Å². The molecule has 2 heterocycles. The molecule has 2 aromatic rings. The third-order valence-corrected chi connectivity index (χ3v) is 7.86. The molecular formula is C25H25ClF2N4O4. The zero-order chi connectivity index (χ0) is 26.2. The first kappa shape index (κ1) is 24.4. The zero-order valence-electron chi connectivity index (χ0n) is 19.9. The van der Waals surface area contributed by atoms with Crippen molar-refractivity contribution in [2.45, 2.75) is 57.0 Å². The fourth-order valence-electron chi connectivity index (χ4n) is 5.57. The Morgan fingerprint density at radius 1 is 1.14 bits per heavy atom. The number of fused-ring (bicyclic) bond motifs is 3. The predicted molar refractivity (Wildman–Crippen MR) is 128 cm³/mol. The number of hydrogen-bond donors (Lipinski definition) is 3. The molecule has 0 spiro atoms. The van der Waals surface area contributed by atoms with Gasteiger partial charge in [0.2, 0.25) is 5.91 Å². The number of rotatable bonds is 6. The van der Waals surface area contributed by atoms with E-state index in [9.17, 15) is 28.0 Å². The van der Waals surface area contributed by atoms with Crippen molar-refractivity contribution in [3.8, 4) is 0 Å². The molecule has 3 aliphatic rings. The van der Waals surface area contributed by atoms with Crippen molar-refractivity contribution >= 4 is 40.8 Å². The van der Waals surface area contributed by atoms with Gasteiger partial charge in [0.15, 0.2) is 0 Å². The van der Waals surface area contributed by atoms with E-state index in [1.54, 1.807) is 29.7 Å². The molecule has 5 rings (SSSR count). The molecule has 8 nitrogen and oxygen atoms in total. The standard InChI is InChI=1S/C25H25ClF2N4O4/c1-11-4-5-14(7-16(11)26)30-21(34)18-12(2)17(19-15-6-13(15)8-32(18)19)20(33)22(35)31-24(23(36)29-3)9-25(27,28)10-24/h4-5,7,13,15H,6,8-10H2,1-3H3,(H,29,36)(H,30,34)(H,31,35)/t13-,15-/m1/s1. The van der Waals surface area contributed by atoms with Gasteiger partial charge >= 0.3 is 0 Å². The van der Waals surface area contributed by atoms with Crippen molar-refractivity contribution in [3.05, 3.63) is 51.3 Å². The van der Waals surface area contributed by atoms with E-state index in [1.807, 2.05) is 6.92 Å². The molecule has 190 valence electrons. The summed E-state index contributed by atoms with van der Waals surface area (Å²) >= 11 is 6.17. The SMILES string of the molecule is CNC(=O)C1(NC(=O)C(=O)c2c(C)c(C(=O)Nc3ccc(C)c(Cl)c3)n3c2[C@@H]2C[C@@H]2C3)CC(F)(F)C1. The molecule has 0 saturated heterocycles. The summed E-state index contributed by atoms with van der Waals surface area (Å²) in [6.07, 6.45) is -0.930. The number of halogens is 3. The number of likely N-dealkylation sites (N-methyl/N-ethyl adjacent to an activating group) is 1. The molecule has 2 fully saturated rings. The van der Waals surface area contributed by atoms with Crippen LogP contribution in [0.15, 0.2) is 18.2 Å². The van der Waals surface area contributed by atoms with Crippen LogP contribution < -0.4 is 16.0 Å². The van der Waals surface area contributed by atoms with E-state index in [-0.39, 0.29) is 23.1 Å². The van der Waals surface area contributed by atoms with Crippen LogP contribution in [0.2, 0.25) is 5.02 Å². The van der Waals surface area contributed by atoms with E-state index in [2.05, 4.69) is 16.0 Å². The summed E-state index contributed by atoms with van der Waals surface area (Å²) in [6, 6.07) is 5.11. The monoisotopic (exact) mass is 518 g/mol. The molecule has 1 aromatic carbocycles. The highest BCUT2D eigenvalue weighted by molar-refractivity contribution is 6.44. The number of nitrogens with one attached hydrogen (secondary N) is 3. The van der Waals surface area contributed by atoms with Crippen LogP contribution in [-0.2, 0) is 16.1 Å². The first-order valence-corrected chi connectivity index (χ1v) is 12.0. The molecule has 1 aromatic heterocycles. The molecule has 2 saturated carbocycles. The van der Waals surface area contributed by atoms with Gasteiger partial charge in [-0.15, -0.1) is 0 Å². The molecule has 1 aliphatic heterocycles. The fourth-order valence-corrected chi connectivity index (χ4v) is 5.75. The van der Waals surface area contributed by atoms with Crippen LogP contribution in [0, 0.1) is 19.8 Å². The van der Waals surface area contributed by atoms with E-state index in [0.717, 1.165) is 12.0 Å². The van der Waals surface area contributed by atoms with Crippen LogP contribution in [0.5, 0.6) is 0 Å². The van der Waals surface area contributed by atoms with Crippen LogP contribution in [0.25, 0.3) is 0 Å². The van der Waals surface area contributed by atoms with Gasteiger partial charge in [0.25, 0.3) is 23.5 Å². The van der Waals surface area contributed by atoms with Crippen molar-refractivity contribution in [1.29, 1.82) is 0 Å². The Morgan fingerprint density at radius 2 is 1.83 bits per heavy atom. The summed E-state index contributed by atoms with van der Waals surface area (Å²) in [4.78, 5) is 51.9. The third kappa shape index (κ3) is 3.78. The molecule has 2 atom stereocenters. The molecule has 0 radical (unpaired) electrons. The number of carbonyl (C=O) groups is 4. The van der Waals surface area contributed by atoms with E-state index < -0.39 is 47.8 Å². The summed E-state index contributed by atoms with van der Waals surface area (Å²) in [5.74, 6) is -6.11. The van der Waals surface area contributed by atoms with Crippen molar-refractivity contribution in [2.24, 2.45) is 5.92 Å². The number of aryl methyl sites for hydroxylation is 1. The average Bonchev–Trinajstić information content (AvgIpc) is 3.36. The van der Waals surface area contributed by atoms with Crippen LogP contribution in [0.4, 0.5) is 14.5 Å². The Bertz CT molecular complexity index is 1340. The van der Waals surface area contributed by atoms with Gasteiger partial charge in [0.1, 0.15) is 11.2 Å². The molecule has 0 unspecified atom stereocenters. The van der Waals surface area contributed by atoms with E-state index >= 15 is 0 Å². The summed E-state index contributed by atoms with van der Waals surface area (Å²) in [7, 11) is 1.28. The molecule has 3 amide bonds. The number of ketones is 1. The molecule has 36 heavy (non-hydrogen) atoms. The second-order valence-electron chi connectivity index (χ2n) is 10.0. The minimum atomic E-state index is -3.11. The Kier molecular flexibility index (Phi) is 5.51. The quantitative estimate of drug-likeness (QED) is 0.402. The smallest absolute Gasteiger partial charge is 0.293 e. The lowest BCUT2D eigenvalue weighted by Gasteiger charge is -2.45. The highest BCUT2D eigenvalue weighted by atomic mass is 35.5. The summed E-state index contributed by atoms with van der Waals surface area (Å²) in [6.45, 7) is 3.97. The maximum atomic E-state index is 13.7. The van der Waals surface area contributed by atoms with Crippen LogP contribution in [-0.4, -0.2) is 46.6 Å². The van der Waals surface area contributed by atoms with Crippen molar-refractivity contribution in [1.82, 2.24) is 15.2 Å². The highest BCUT2D eigenvalue weighted by Crippen LogP contribution is 2.56. The Labute approximate surface area is 210 Å². The van der Waals surface area contributed by atoms with E-state index in [0.29, 0.717) is 28.5 Å². The second-order valence-corrected chi connectivity index (χ2v) is 10.4. The lowest BCUT2D eigenvalue weighted by Crippen LogP contribution is -2.69. The van der Waals surface area contributed by atoms with Gasteiger partial charge < -0.3 is 20.5 Å². The van der Waals surface area contributed by atoms with Crippen LogP contribution in [0.1, 0.15) is 62.8 Å². The number of amides is 3. The van der Waals surface area contributed by atoms with Gasteiger partial charge in [-0.25, -0.2) is 8.78 Å². The lowest BCUT2D eigenvalue weighted by molar-refractivity contribution is -0.164. The number of aromatic nitrogens is 1. The maximum absolute atomic E-state index is 13.7. The minimum absolute atomic E-state index is 0.0479. The average molecular weight is 519 g/mol. The highest BCUT2D eigenvalue weighted by Gasteiger charge is 2.62. The number of alkyl halides is 2. The zero-order valence-corrected chi connectivity index (χ0v) is 20.7. The summed E-state index contributed by atoms with van der Waals surface area (Å²) in [5.41, 5.74) is 0.792. The molecular weight excluding hydrogens is 494 g/mol. The van der Waals surface area contributed by atoms with Gasteiger partial charge in [-0.3, -0.25) is 19.2 Å². The van der Waals surface area contributed by atoms with E-state index in [4.69, 9.17) is 11.6 Å². The number of hydrogen-bond acceptors (Lipinski definition) is 4. The Hall–Kier alpha value is -3.27. The molecule has 2 aliphatic carbocycles. The van der Waals surface area contributed by atoms with Gasteiger partial charge in [0, 0.05) is 48.8 Å². The largest absolute Gasteiger partial charge is 0.357 e. The summed E-state index contributed by atoms with van der Waals surface area (Å²) in [5, 5.41) is 7.84. The fraction of sp³-hybridized carbons (Fsp3) is 0.440. The van der Waals surface area contributed by atoms with Gasteiger partial charge in [0.05, 0.1) is 5.56 Å². The van der Waals surface area contributed by atoms with E-state index in [1.165, 1.54) is 7.05 Å². The van der Waals surface area contributed by atoms with Crippen molar-refractivity contribution in [2.75, 3.05) is 12.4 Å². The number of benzene rings is 1. The topological polar surface area (TPSA) is 109 Å². The Morgan fingerprint density at radius 3 is 2.44 bits per heavy atom. The van der Waals surface area contributed by atoms with Crippen molar-refractivity contribution in [3.63, 3.8) is 0 Å². The summed E-state index contributed by atoms with van der Waals surface area (Å²) < 4.78 is 29.1. The van der Waals surface area contributed by atoms with Gasteiger partial charge in [-0.05, 0) is 49.4 Å². The maximum Gasteiger partial charge on any atom is 0.293 e. The third-order valence-electron chi connectivity index (χ3n) is 7.45. The minimum Gasteiger partial charge on any atom is -0.357 e. The first-order valence-electron chi connectivity index (χ1n) is 11.6. The lowest BCUT2D eigenvalue weighted by atomic mass is 9.72. The first-order chi connectivity index (χ1) is 16.9. The van der Waals surface area contributed by atoms with Gasteiger partial charge in [-0.1, -0.05) is 17.7 Å².